The Bertz CT molecular complexity index is 1120. The van der Waals surface area contributed by atoms with Crippen LogP contribution in [0.1, 0.15) is 45.1 Å². The Hall–Kier alpha value is -2.52. The van der Waals surface area contributed by atoms with Crippen molar-refractivity contribution in [1.29, 1.82) is 0 Å². The molecule has 0 saturated carbocycles. The molecule has 1 aromatic rings. The standard InChI is InChI=1S/C28H37ClN2O6/c1-17-8-7-9-23(35-6)28(33)16-20(36-18(2)30-28)15-24-27(3,37-24)11-10-25(32)31(4)21-13-19(12-17)14-22(34-5)26(21)29/h7-9,13-14,20,23-24,30,33H,2,10-12,15-16H2,1,3-6H3/b9-7+,17-8+/t20?,23-,24?,27?,28+/m1/s1. The van der Waals surface area contributed by atoms with Crippen LogP contribution in [0.5, 0.6) is 5.75 Å². The summed E-state index contributed by atoms with van der Waals surface area (Å²) in [6.45, 7) is 7.91. The van der Waals surface area contributed by atoms with Crippen LogP contribution in [0.3, 0.4) is 0 Å². The molecule has 3 heterocycles. The first kappa shape index (κ1) is 27.5. The summed E-state index contributed by atoms with van der Waals surface area (Å²) >= 11 is 6.61. The number of nitrogens with one attached hydrogen (secondary N) is 1. The highest BCUT2D eigenvalue weighted by Gasteiger charge is 2.54. The smallest absolute Gasteiger partial charge is 0.226 e. The van der Waals surface area contributed by atoms with E-state index < -0.39 is 17.4 Å². The monoisotopic (exact) mass is 532 g/mol. The van der Waals surface area contributed by atoms with Crippen LogP contribution < -0.4 is 15.0 Å². The third-order valence-corrected chi connectivity index (χ3v) is 7.84. The number of fused-ring (bicyclic) bond motifs is 5. The number of epoxide rings is 1. The van der Waals surface area contributed by atoms with Gasteiger partial charge in [0.1, 0.15) is 23.0 Å². The van der Waals surface area contributed by atoms with E-state index in [0.29, 0.717) is 48.6 Å². The van der Waals surface area contributed by atoms with Crippen LogP contribution in [0.15, 0.2) is 48.4 Å². The molecule has 4 bridgehead atoms. The second-order valence-corrected chi connectivity index (χ2v) is 10.8. The lowest BCUT2D eigenvalue weighted by Crippen LogP contribution is -2.59. The lowest BCUT2D eigenvalue weighted by atomic mass is 9.91. The number of anilines is 1. The average molecular weight is 533 g/mol. The SMILES string of the molecule is C=C1N[C@]2(O)CC(CC3OC3(C)CCC(=O)N(C)c3cc(cc(OC)c3Cl)C/C(C)=C/C=C/[C@H]2OC)O1. The van der Waals surface area contributed by atoms with Gasteiger partial charge in [0.25, 0.3) is 0 Å². The molecule has 9 heteroatoms. The number of hydrogen-bond acceptors (Lipinski definition) is 7. The Kier molecular flexibility index (Phi) is 7.95. The van der Waals surface area contributed by atoms with E-state index in [4.69, 9.17) is 30.5 Å². The van der Waals surface area contributed by atoms with Gasteiger partial charge in [0.05, 0.1) is 24.5 Å². The van der Waals surface area contributed by atoms with Gasteiger partial charge >= 0.3 is 0 Å². The zero-order valence-corrected chi connectivity index (χ0v) is 22.9. The largest absolute Gasteiger partial charge is 0.495 e. The Morgan fingerprint density at radius 3 is 2.78 bits per heavy atom. The first-order valence-corrected chi connectivity index (χ1v) is 12.9. The fourth-order valence-corrected chi connectivity index (χ4v) is 5.52. The Morgan fingerprint density at radius 1 is 1.32 bits per heavy atom. The van der Waals surface area contributed by atoms with E-state index in [-0.39, 0.29) is 24.0 Å². The second-order valence-electron chi connectivity index (χ2n) is 10.4. The highest BCUT2D eigenvalue weighted by Crippen LogP contribution is 2.45. The zero-order valence-electron chi connectivity index (χ0n) is 22.2. The summed E-state index contributed by atoms with van der Waals surface area (Å²) in [4.78, 5) is 14.8. The molecule has 2 saturated heterocycles. The Labute approximate surface area is 223 Å². The Balaban J connectivity index is 1.69. The average Bonchev–Trinajstić information content (AvgIpc) is 3.48. The van der Waals surface area contributed by atoms with Crippen molar-refractivity contribution in [2.75, 3.05) is 26.2 Å². The number of rotatable bonds is 2. The topological polar surface area (TPSA) is 92.8 Å². The maximum absolute atomic E-state index is 13.2. The van der Waals surface area contributed by atoms with Crippen molar-refractivity contribution >= 4 is 23.2 Å². The summed E-state index contributed by atoms with van der Waals surface area (Å²) < 4.78 is 23.1. The molecule has 0 aliphatic carbocycles. The van der Waals surface area contributed by atoms with Gasteiger partial charge in [0, 0.05) is 33.4 Å². The van der Waals surface area contributed by atoms with E-state index in [1.165, 1.54) is 0 Å². The molecule has 2 N–H and O–H groups in total. The first-order chi connectivity index (χ1) is 17.5. The molecule has 3 aliphatic rings. The minimum absolute atomic E-state index is 0.0616. The first-order valence-electron chi connectivity index (χ1n) is 12.5. The molecule has 0 radical (unpaired) electrons. The molecule has 4 rings (SSSR count). The molecule has 1 amide bonds. The van der Waals surface area contributed by atoms with Gasteiger partial charge in [0.2, 0.25) is 5.91 Å². The van der Waals surface area contributed by atoms with Gasteiger partial charge in [-0.1, -0.05) is 35.4 Å². The Morgan fingerprint density at radius 2 is 2.08 bits per heavy atom. The van der Waals surface area contributed by atoms with Crippen LogP contribution in [-0.4, -0.2) is 61.9 Å². The summed E-state index contributed by atoms with van der Waals surface area (Å²) in [5.74, 6) is 0.741. The van der Waals surface area contributed by atoms with Crippen molar-refractivity contribution in [3.63, 3.8) is 0 Å². The van der Waals surface area contributed by atoms with Crippen LogP contribution in [0.2, 0.25) is 5.02 Å². The van der Waals surface area contributed by atoms with Crippen molar-refractivity contribution in [2.24, 2.45) is 0 Å². The van der Waals surface area contributed by atoms with Crippen LogP contribution >= 0.6 is 11.6 Å². The van der Waals surface area contributed by atoms with E-state index in [1.807, 2.05) is 44.2 Å². The third-order valence-electron chi connectivity index (χ3n) is 7.46. The van der Waals surface area contributed by atoms with Gasteiger partial charge in [-0.2, -0.15) is 0 Å². The number of carbonyl (C=O) groups is 1. The van der Waals surface area contributed by atoms with Gasteiger partial charge in [-0.15, -0.1) is 0 Å². The predicted molar refractivity (Wildman–Crippen MR) is 143 cm³/mol. The molecule has 0 spiro atoms. The number of benzene rings is 1. The van der Waals surface area contributed by atoms with Crippen molar-refractivity contribution in [3.8, 4) is 5.75 Å². The highest BCUT2D eigenvalue weighted by molar-refractivity contribution is 6.35. The van der Waals surface area contributed by atoms with Crippen molar-refractivity contribution in [2.45, 2.75) is 75.6 Å². The van der Waals surface area contributed by atoms with Gasteiger partial charge < -0.3 is 34.3 Å². The number of amides is 1. The maximum atomic E-state index is 13.2. The minimum atomic E-state index is -1.39. The number of hydrogen-bond donors (Lipinski definition) is 2. The number of allylic oxidation sites excluding steroid dienone is 3. The van der Waals surface area contributed by atoms with Crippen molar-refractivity contribution < 1.29 is 28.8 Å². The van der Waals surface area contributed by atoms with Crippen molar-refractivity contribution in [1.82, 2.24) is 5.32 Å². The van der Waals surface area contributed by atoms with E-state index in [0.717, 1.165) is 11.1 Å². The van der Waals surface area contributed by atoms with Crippen molar-refractivity contribution in [3.05, 3.63) is 59.0 Å². The quantitative estimate of drug-likeness (QED) is 0.550. The van der Waals surface area contributed by atoms with Gasteiger partial charge in [-0.3, -0.25) is 4.79 Å². The van der Waals surface area contributed by atoms with E-state index >= 15 is 0 Å². The van der Waals surface area contributed by atoms with Crippen LogP contribution in [0.25, 0.3) is 0 Å². The lowest BCUT2D eigenvalue weighted by molar-refractivity contribution is -0.150. The summed E-state index contributed by atoms with van der Waals surface area (Å²) in [6.07, 6.45) is 6.93. The molecule has 37 heavy (non-hydrogen) atoms. The van der Waals surface area contributed by atoms with E-state index in [9.17, 15) is 9.90 Å². The van der Waals surface area contributed by atoms with Gasteiger partial charge in [-0.25, -0.2) is 0 Å². The molecule has 5 atom stereocenters. The normalized spacial score (nSPS) is 34.9. The van der Waals surface area contributed by atoms with E-state index in [2.05, 4.69) is 11.9 Å². The van der Waals surface area contributed by atoms with E-state index in [1.54, 1.807) is 26.2 Å². The second kappa shape index (κ2) is 10.7. The lowest BCUT2D eigenvalue weighted by Gasteiger charge is -2.42. The molecule has 8 nitrogen and oxygen atoms in total. The number of nitrogens with zero attached hydrogens (tertiary/aromatic N) is 1. The highest BCUT2D eigenvalue weighted by atomic mass is 35.5. The van der Waals surface area contributed by atoms with Gasteiger partial charge in [-0.05, 0) is 51.0 Å². The van der Waals surface area contributed by atoms with Crippen LogP contribution in [-0.2, 0) is 25.4 Å². The molecule has 3 aliphatic heterocycles. The number of carbonyl (C=O) groups excluding carboxylic acids is 1. The number of aliphatic hydroxyl groups is 1. The fraction of sp³-hybridized carbons (Fsp3) is 0.536. The van der Waals surface area contributed by atoms with Crippen LogP contribution in [0, 0.1) is 0 Å². The number of methoxy groups -OCH3 is 2. The minimum Gasteiger partial charge on any atom is -0.495 e. The molecular weight excluding hydrogens is 496 g/mol. The molecular formula is C28H37ClN2O6. The van der Waals surface area contributed by atoms with Crippen LogP contribution in [0.4, 0.5) is 5.69 Å². The third kappa shape index (κ3) is 5.98. The number of halogens is 1. The van der Waals surface area contributed by atoms with Gasteiger partial charge in [0.15, 0.2) is 11.6 Å². The molecule has 0 aromatic heterocycles. The molecule has 2 fully saturated rings. The zero-order chi connectivity index (χ0) is 27.0. The maximum Gasteiger partial charge on any atom is 0.226 e. The molecule has 1 aromatic carbocycles. The summed E-state index contributed by atoms with van der Waals surface area (Å²) in [5.41, 5.74) is 0.790. The number of ether oxygens (including phenoxy) is 4. The predicted octanol–water partition coefficient (Wildman–Crippen LogP) is 4.25. The summed E-state index contributed by atoms with van der Waals surface area (Å²) in [7, 11) is 4.85. The molecule has 202 valence electrons. The fourth-order valence-electron chi connectivity index (χ4n) is 5.20. The molecule has 3 unspecified atom stereocenters. The summed E-state index contributed by atoms with van der Waals surface area (Å²) in [6, 6.07) is 3.81. The summed E-state index contributed by atoms with van der Waals surface area (Å²) in [5, 5.41) is 14.8.